The molecule has 4 nitrogen and oxygen atoms in total. The third-order valence-electron chi connectivity index (χ3n) is 3.57. The Bertz CT molecular complexity index is 870. The summed E-state index contributed by atoms with van der Waals surface area (Å²) in [5.74, 6) is -0.467. The Morgan fingerprint density at radius 3 is 2.43 bits per heavy atom. The fourth-order valence-electron chi connectivity index (χ4n) is 2.58. The van der Waals surface area contributed by atoms with Gasteiger partial charge in [-0.05, 0) is 35.7 Å². The highest BCUT2D eigenvalue weighted by Gasteiger charge is 2.20. The molecule has 0 fully saturated rings. The molecule has 3 rings (SSSR count). The molecule has 0 spiro atoms. The summed E-state index contributed by atoms with van der Waals surface area (Å²) in [5, 5.41) is 2.70. The molecule has 0 atom stereocenters. The zero-order chi connectivity index (χ0) is 16.4. The summed E-state index contributed by atoms with van der Waals surface area (Å²) in [5.41, 5.74) is 2.06. The van der Waals surface area contributed by atoms with Gasteiger partial charge in [0.15, 0.2) is 0 Å². The van der Waals surface area contributed by atoms with E-state index in [1.165, 1.54) is 25.4 Å². The minimum absolute atomic E-state index is 0.0864. The molecule has 0 aliphatic heterocycles. The molecule has 0 saturated carbocycles. The minimum Gasteiger partial charge on any atom is -0.465 e. The average Bonchev–Trinajstić information content (AvgIpc) is 3.05. The first-order valence-corrected chi connectivity index (χ1v) is 7.95. The van der Waals surface area contributed by atoms with Crippen LogP contribution in [0.5, 0.6) is 0 Å². The quantitative estimate of drug-likeness (QED) is 0.672. The number of thiophene rings is 1. The molecule has 1 amide bonds. The number of rotatable bonds is 3. The lowest BCUT2D eigenvalue weighted by Crippen LogP contribution is -2.22. The molecule has 3 aromatic rings. The van der Waals surface area contributed by atoms with E-state index in [0.717, 1.165) is 21.5 Å². The first kappa shape index (κ1) is 15.2. The summed E-state index contributed by atoms with van der Waals surface area (Å²) >= 11 is 1.49. The number of carbonyl (C=O) groups excluding carboxylic acids is 2. The largest absolute Gasteiger partial charge is 0.465 e. The van der Waals surface area contributed by atoms with Crippen molar-refractivity contribution in [2.75, 3.05) is 12.0 Å². The SMILES string of the molecule is COC(=O)c1ccc(N(C(C)=O)c2ccccc2)c2sccc12. The molecule has 0 saturated heterocycles. The van der Waals surface area contributed by atoms with Crippen molar-refractivity contribution in [2.45, 2.75) is 6.92 Å². The smallest absolute Gasteiger partial charge is 0.338 e. The van der Waals surface area contributed by atoms with Gasteiger partial charge in [0, 0.05) is 18.0 Å². The average molecular weight is 325 g/mol. The van der Waals surface area contributed by atoms with Gasteiger partial charge >= 0.3 is 5.97 Å². The maximum absolute atomic E-state index is 12.2. The van der Waals surface area contributed by atoms with Crippen LogP contribution in [0.1, 0.15) is 17.3 Å². The van der Waals surface area contributed by atoms with Gasteiger partial charge in [-0.1, -0.05) is 18.2 Å². The Labute approximate surface area is 137 Å². The Morgan fingerprint density at radius 2 is 1.78 bits per heavy atom. The number of methoxy groups -OCH3 is 1. The fraction of sp³-hybridized carbons (Fsp3) is 0.111. The van der Waals surface area contributed by atoms with Crippen LogP contribution in [0.15, 0.2) is 53.9 Å². The monoisotopic (exact) mass is 325 g/mol. The van der Waals surface area contributed by atoms with Crippen molar-refractivity contribution in [3.8, 4) is 0 Å². The summed E-state index contributed by atoms with van der Waals surface area (Å²) in [6.45, 7) is 1.53. The number of ether oxygens (including phenoxy) is 1. The maximum atomic E-state index is 12.2. The van der Waals surface area contributed by atoms with Crippen LogP contribution in [0.25, 0.3) is 10.1 Å². The minimum atomic E-state index is -0.381. The van der Waals surface area contributed by atoms with Crippen molar-refractivity contribution in [3.63, 3.8) is 0 Å². The second kappa shape index (κ2) is 6.22. The summed E-state index contributed by atoms with van der Waals surface area (Å²) in [6.07, 6.45) is 0. The van der Waals surface area contributed by atoms with Crippen molar-refractivity contribution < 1.29 is 14.3 Å². The molecule has 0 bridgehead atoms. The Morgan fingerprint density at radius 1 is 1.04 bits per heavy atom. The van der Waals surface area contributed by atoms with E-state index in [2.05, 4.69) is 0 Å². The molecule has 0 aliphatic rings. The van der Waals surface area contributed by atoms with Crippen LogP contribution < -0.4 is 4.90 Å². The second-order valence-corrected chi connectivity index (χ2v) is 5.89. The van der Waals surface area contributed by atoms with E-state index in [0.29, 0.717) is 5.56 Å². The van der Waals surface area contributed by atoms with Crippen LogP contribution >= 0.6 is 11.3 Å². The van der Waals surface area contributed by atoms with Crippen molar-refractivity contribution >= 4 is 44.7 Å². The number of esters is 1. The Hall–Kier alpha value is -2.66. The van der Waals surface area contributed by atoms with Gasteiger partial charge in [0.05, 0.1) is 23.1 Å². The molecule has 116 valence electrons. The molecule has 23 heavy (non-hydrogen) atoms. The second-order valence-electron chi connectivity index (χ2n) is 4.98. The number of nitrogens with zero attached hydrogens (tertiary/aromatic N) is 1. The van der Waals surface area contributed by atoms with Gasteiger partial charge in [0.2, 0.25) is 5.91 Å². The van der Waals surface area contributed by atoms with Crippen molar-refractivity contribution in [3.05, 3.63) is 59.5 Å². The van der Waals surface area contributed by atoms with E-state index in [-0.39, 0.29) is 11.9 Å². The van der Waals surface area contributed by atoms with E-state index in [4.69, 9.17) is 4.74 Å². The lowest BCUT2D eigenvalue weighted by Gasteiger charge is -2.22. The van der Waals surface area contributed by atoms with Gasteiger partial charge in [0.1, 0.15) is 0 Å². The first-order chi connectivity index (χ1) is 11.1. The third kappa shape index (κ3) is 2.71. The lowest BCUT2D eigenvalue weighted by molar-refractivity contribution is -0.115. The zero-order valence-electron chi connectivity index (χ0n) is 12.8. The molecule has 0 N–H and O–H groups in total. The summed E-state index contributed by atoms with van der Waals surface area (Å²) in [7, 11) is 1.36. The number of amides is 1. The highest BCUT2D eigenvalue weighted by molar-refractivity contribution is 7.18. The molecule has 1 heterocycles. The number of carbonyl (C=O) groups is 2. The molecule has 0 aliphatic carbocycles. The number of para-hydroxylation sites is 1. The summed E-state index contributed by atoms with van der Waals surface area (Å²) < 4.78 is 5.71. The highest BCUT2D eigenvalue weighted by atomic mass is 32.1. The van der Waals surface area contributed by atoms with E-state index in [1.54, 1.807) is 17.0 Å². The van der Waals surface area contributed by atoms with Gasteiger partial charge in [-0.15, -0.1) is 11.3 Å². The van der Waals surface area contributed by atoms with Crippen LogP contribution in [0.3, 0.4) is 0 Å². The van der Waals surface area contributed by atoms with Crippen LogP contribution in [-0.2, 0) is 9.53 Å². The Kier molecular flexibility index (Phi) is 4.12. The molecule has 5 heteroatoms. The molecular weight excluding hydrogens is 310 g/mol. The van der Waals surface area contributed by atoms with E-state index < -0.39 is 0 Å². The first-order valence-electron chi connectivity index (χ1n) is 7.07. The number of hydrogen-bond acceptors (Lipinski definition) is 4. The van der Waals surface area contributed by atoms with Crippen LogP contribution in [0.2, 0.25) is 0 Å². The number of benzene rings is 2. The molecule has 0 radical (unpaired) electrons. The van der Waals surface area contributed by atoms with Gasteiger partial charge in [0.25, 0.3) is 0 Å². The molecule has 0 unspecified atom stereocenters. The van der Waals surface area contributed by atoms with Crippen molar-refractivity contribution in [1.82, 2.24) is 0 Å². The summed E-state index contributed by atoms with van der Waals surface area (Å²) in [6, 6.07) is 14.8. The van der Waals surface area contributed by atoms with E-state index in [1.807, 2.05) is 41.8 Å². The van der Waals surface area contributed by atoms with E-state index >= 15 is 0 Å². The van der Waals surface area contributed by atoms with Crippen molar-refractivity contribution in [1.29, 1.82) is 0 Å². The van der Waals surface area contributed by atoms with E-state index in [9.17, 15) is 9.59 Å². The Balaban J connectivity index is 2.21. The summed E-state index contributed by atoms with van der Waals surface area (Å²) in [4.78, 5) is 25.8. The number of fused-ring (bicyclic) bond motifs is 1. The fourth-order valence-corrected chi connectivity index (χ4v) is 3.50. The van der Waals surface area contributed by atoms with Gasteiger partial charge in [-0.3, -0.25) is 9.69 Å². The lowest BCUT2D eigenvalue weighted by atomic mass is 10.1. The van der Waals surface area contributed by atoms with Crippen LogP contribution in [0, 0.1) is 0 Å². The van der Waals surface area contributed by atoms with Gasteiger partial charge in [-0.25, -0.2) is 4.79 Å². The van der Waals surface area contributed by atoms with Gasteiger partial charge in [-0.2, -0.15) is 0 Å². The van der Waals surface area contributed by atoms with Crippen molar-refractivity contribution in [2.24, 2.45) is 0 Å². The molecule has 2 aromatic carbocycles. The third-order valence-corrected chi connectivity index (χ3v) is 4.51. The molecule has 1 aromatic heterocycles. The normalized spacial score (nSPS) is 10.5. The predicted octanol–water partition coefficient (Wildman–Crippen LogP) is 4.37. The van der Waals surface area contributed by atoms with Crippen LogP contribution in [-0.4, -0.2) is 19.0 Å². The zero-order valence-corrected chi connectivity index (χ0v) is 13.6. The topological polar surface area (TPSA) is 46.6 Å². The van der Waals surface area contributed by atoms with Gasteiger partial charge < -0.3 is 4.74 Å². The molecular formula is C18H15NO3S. The highest BCUT2D eigenvalue weighted by Crippen LogP contribution is 2.37. The maximum Gasteiger partial charge on any atom is 0.338 e. The van der Waals surface area contributed by atoms with Crippen LogP contribution in [0.4, 0.5) is 11.4 Å². The standard InChI is InChI=1S/C18H15NO3S/c1-12(20)19(13-6-4-3-5-7-13)16-9-8-15(18(21)22-2)14-10-11-23-17(14)16/h3-11H,1-2H3. The predicted molar refractivity (Wildman–Crippen MR) is 92.4 cm³/mol. The number of hydrogen-bond donors (Lipinski definition) is 0. The number of anilines is 2.